The monoisotopic (exact) mass is 400 g/mol. The first-order chi connectivity index (χ1) is 14.3. The smallest absolute Gasteiger partial charge is 0.271 e. The minimum atomic E-state index is -0.249. The van der Waals surface area contributed by atoms with Gasteiger partial charge in [0.2, 0.25) is 0 Å². The van der Waals surface area contributed by atoms with Crippen molar-refractivity contribution >= 4 is 50.0 Å². The molecule has 29 heavy (non-hydrogen) atoms. The number of benzene rings is 2. The molecule has 0 saturated carbocycles. The van der Waals surface area contributed by atoms with Gasteiger partial charge in [0.15, 0.2) is 5.13 Å². The molecule has 5 rings (SSSR count). The summed E-state index contributed by atoms with van der Waals surface area (Å²) in [6.45, 7) is 0.304. The van der Waals surface area contributed by atoms with Crippen LogP contribution in [0.3, 0.4) is 0 Å². The van der Waals surface area contributed by atoms with Gasteiger partial charge in [-0.05, 0) is 23.6 Å². The molecule has 0 spiro atoms. The number of imidazole rings is 1. The minimum Gasteiger partial charge on any atom is -0.343 e. The van der Waals surface area contributed by atoms with Crippen molar-refractivity contribution in [3.05, 3.63) is 77.7 Å². The van der Waals surface area contributed by atoms with Crippen LogP contribution in [0, 0.1) is 0 Å². The zero-order chi connectivity index (χ0) is 19.6. The second-order valence-electron chi connectivity index (χ2n) is 6.43. The fourth-order valence-electron chi connectivity index (χ4n) is 3.10. The van der Waals surface area contributed by atoms with Crippen LogP contribution in [-0.2, 0) is 6.54 Å². The number of thiazole rings is 1. The second-order valence-corrected chi connectivity index (χ2v) is 7.29. The van der Waals surface area contributed by atoms with E-state index in [9.17, 15) is 4.79 Å². The van der Waals surface area contributed by atoms with E-state index >= 15 is 0 Å². The second kappa shape index (κ2) is 7.33. The van der Waals surface area contributed by atoms with Gasteiger partial charge in [-0.25, -0.2) is 15.0 Å². The maximum absolute atomic E-state index is 12.5. The Hall–Kier alpha value is -3.78. The molecule has 0 aliphatic rings. The van der Waals surface area contributed by atoms with Crippen LogP contribution in [0.5, 0.6) is 0 Å². The van der Waals surface area contributed by atoms with E-state index in [1.165, 1.54) is 11.3 Å². The number of hydrogen-bond acceptors (Lipinski definition) is 6. The average molecular weight is 400 g/mol. The van der Waals surface area contributed by atoms with E-state index in [0.717, 1.165) is 21.8 Å². The van der Waals surface area contributed by atoms with Gasteiger partial charge in [0.25, 0.3) is 5.91 Å². The fourth-order valence-corrected chi connectivity index (χ4v) is 3.79. The first-order valence-electron chi connectivity index (χ1n) is 9.04. The van der Waals surface area contributed by atoms with Gasteiger partial charge in [-0.3, -0.25) is 4.79 Å². The maximum Gasteiger partial charge on any atom is 0.271 e. The van der Waals surface area contributed by atoms with Crippen molar-refractivity contribution in [1.82, 2.24) is 25.3 Å². The number of para-hydroxylation sites is 2. The van der Waals surface area contributed by atoms with Gasteiger partial charge in [-0.2, -0.15) is 0 Å². The third kappa shape index (κ3) is 3.53. The Kier molecular flexibility index (Phi) is 4.38. The molecule has 3 heterocycles. The van der Waals surface area contributed by atoms with Crippen LogP contribution in [-0.4, -0.2) is 25.8 Å². The summed E-state index contributed by atoms with van der Waals surface area (Å²) >= 11 is 1.36. The zero-order valence-electron chi connectivity index (χ0n) is 15.2. The molecule has 5 aromatic rings. The van der Waals surface area contributed by atoms with Crippen LogP contribution in [0.4, 0.5) is 10.9 Å². The van der Waals surface area contributed by atoms with Gasteiger partial charge in [0.1, 0.15) is 17.3 Å². The van der Waals surface area contributed by atoms with Crippen LogP contribution in [0.2, 0.25) is 0 Å². The largest absolute Gasteiger partial charge is 0.343 e. The fraction of sp³-hybridized carbons (Fsp3) is 0.0476. The highest BCUT2D eigenvalue weighted by Crippen LogP contribution is 2.25. The van der Waals surface area contributed by atoms with Crippen molar-refractivity contribution in [2.45, 2.75) is 6.54 Å². The number of fused-ring (bicyclic) bond motifs is 2. The maximum atomic E-state index is 12.5. The number of rotatable bonds is 5. The summed E-state index contributed by atoms with van der Waals surface area (Å²) in [5.74, 6) is 1.17. The Balaban J connectivity index is 1.28. The number of amides is 1. The van der Waals surface area contributed by atoms with Gasteiger partial charge < -0.3 is 15.6 Å². The van der Waals surface area contributed by atoms with E-state index in [2.05, 4.69) is 30.6 Å². The molecule has 0 atom stereocenters. The normalized spacial score (nSPS) is 11.0. The van der Waals surface area contributed by atoms with E-state index in [0.29, 0.717) is 29.0 Å². The zero-order valence-corrected chi connectivity index (χ0v) is 16.0. The van der Waals surface area contributed by atoms with Gasteiger partial charge in [0.05, 0.1) is 17.6 Å². The van der Waals surface area contributed by atoms with Crippen LogP contribution >= 0.6 is 11.3 Å². The summed E-state index contributed by atoms with van der Waals surface area (Å²) in [5.41, 5.74) is 2.17. The average Bonchev–Trinajstić information content (AvgIpc) is 3.39. The SMILES string of the molecule is O=C(NCc1nc2ccccc2[nH]1)c1csc(Nc2nccc3ccccc23)n1. The number of hydrogen-bond donors (Lipinski definition) is 3. The van der Waals surface area contributed by atoms with Crippen molar-refractivity contribution in [2.75, 3.05) is 5.32 Å². The Morgan fingerprint density at radius 2 is 1.90 bits per heavy atom. The first-order valence-corrected chi connectivity index (χ1v) is 9.92. The minimum absolute atomic E-state index is 0.249. The van der Waals surface area contributed by atoms with Crippen LogP contribution in [0.15, 0.2) is 66.2 Å². The quantitative estimate of drug-likeness (QED) is 0.410. The third-order valence-electron chi connectivity index (χ3n) is 4.49. The molecule has 3 aromatic heterocycles. The molecule has 2 aromatic carbocycles. The number of aromatic amines is 1. The van der Waals surface area contributed by atoms with E-state index < -0.39 is 0 Å². The van der Waals surface area contributed by atoms with Gasteiger partial charge in [-0.1, -0.05) is 36.4 Å². The highest BCUT2D eigenvalue weighted by molar-refractivity contribution is 7.14. The van der Waals surface area contributed by atoms with E-state index in [1.807, 2.05) is 54.6 Å². The van der Waals surface area contributed by atoms with E-state index in [1.54, 1.807) is 11.6 Å². The van der Waals surface area contributed by atoms with Crippen molar-refractivity contribution in [1.29, 1.82) is 0 Å². The summed E-state index contributed by atoms with van der Waals surface area (Å²) < 4.78 is 0. The molecule has 0 radical (unpaired) electrons. The lowest BCUT2D eigenvalue weighted by Gasteiger charge is -2.05. The van der Waals surface area contributed by atoms with Gasteiger partial charge >= 0.3 is 0 Å². The number of nitrogens with one attached hydrogen (secondary N) is 3. The summed E-state index contributed by atoms with van der Waals surface area (Å²) in [4.78, 5) is 28.9. The summed E-state index contributed by atoms with van der Waals surface area (Å²) in [6.07, 6.45) is 1.75. The standard InChI is InChI=1S/C21H16N6OS/c28-20(23-11-18-24-15-7-3-4-8-16(15)25-18)17-12-29-21(26-17)27-19-14-6-2-1-5-13(14)9-10-22-19/h1-10,12H,11H2,(H,23,28)(H,24,25)(H,22,26,27). The molecule has 0 saturated heterocycles. The van der Waals surface area contributed by atoms with Crippen LogP contribution in [0.25, 0.3) is 21.8 Å². The molecule has 1 amide bonds. The molecule has 0 aliphatic heterocycles. The Morgan fingerprint density at radius 1 is 1.03 bits per heavy atom. The highest BCUT2D eigenvalue weighted by Gasteiger charge is 2.13. The lowest BCUT2D eigenvalue weighted by Crippen LogP contribution is -2.23. The Morgan fingerprint density at radius 3 is 2.83 bits per heavy atom. The van der Waals surface area contributed by atoms with E-state index in [4.69, 9.17) is 0 Å². The molecular formula is C21H16N6OS. The molecule has 8 heteroatoms. The van der Waals surface area contributed by atoms with Crippen molar-refractivity contribution < 1.29 is 4.79 Å². The lowest BCUT2D eigenvalue weighted by molar-refractivity contribution is 0.0946. The van der Waals surface area contributed by atoms with Crippen LogP contribution < -0.4 is 10.6 Å². The summed E-state index contributed by atoms with van der Waals surface area (Å²) in [5, 5.41) is 10.5. The Labute approximate surface area is 169 Å². The summed E-state index contributed by atoms with van der Waals surface area (Å²) in [7, 11) is 0. The summed E-state index contributed by atoms with van der Waals surface area (Å²) in [6, 6.07) is 17.7. The molecule has 0 bridgehead atoms. The van der Waals surface area contributed by atoms with Gasteiger partial charge in [0, 0.05) is 17.0 Å². The molecule has 0 unspecified atom stereocenters. The number of nitrogens with zero attached hydrogens (tertiary/aromatic N) is 3. The van der Waals surface area contributed by atoms with Crippen molar-refractivity contribution in [3.63, 3.8) is 0 Å². The molecule has 0 fully saturated rings. The van der Waals surface area contributed by atoms with Crippen molar-refractivity contribution in [2.24, 2.45) is 0 Å². The number of anilines is 2. The van der Waals surface area contributed by atoms with Crippen molar-refractivity contribution in [3.8, 4) is 0 Å². The number of pyridine rings is 1. The molecule has 7 nitrogen and oxygen atoms in total. The first kappa shape index (κ1) is 17.3. The number of carbonyl (C=O) groups is 1. The molecular weight excluding hydrogens is 384 g/mol. The predicted octanol–water partition coefficient (Wildman–Crippen LogP) is 4.24. The molecule has 3 N–H and O–H groups in total. The number of H-pyrrole nitrogens is 1. The van der Waals surface area contributed by atoms with E-state index in [-0.39, 0.29) is 5.91 Å². The highest BCUT2D eigenvalue weighted by atomic mass is 32.1. The molecule has 142 valence electrons. The third-order valence-corrected chi connectivity index (χ3v) is 5.25. The Bertz CT molecular complexity index is 1290. The van der Waals surface area contributed by atoms with Gasteiger partial charge in [-0.15, -0.1) is 11.3 Å². The number of aromatic nitrogens is 4. The molecule has 0 aliphatic carbocycles. The predicted molar refractivity (Wildman–Crippen MR) is 114 cm³/mol. The van der Waals surface area contributed by atoms with Crippen LogP contribution in [0.1, 0.15) is 16.3 Å². The number of carbonyl (C=O) groups excluding carboxylic acids is 1. The lowest BCUT2D eigenvalue weighted by atomic mass is 10.2. The topological polar surface area (TPSA) is 95.6 Å².